The SMILES string of the molecule is O=C(CN1C=CNC=C1)c1ccc(-c2ccccc2)cc1. The molecule has 3 heteroatoms. The van der Waals surface area contributed by atoms with E-state index in [1.807, 2.05) is 59.8 Å². The Balaban J connectivity index is 1.72. The number of Topliss-reactive ketones (excluding diaryl/α,β-unsaturated/α-hetero) is 1. The summed E-state index contributed by atoms with van der Waals surface area (Å²) >= 11 is 0. The highest BCUT2D eigenvalue weighted by atomic mass is 16.1. The monoisotopic (exact) mass is 276 g/mol. The number of carbonyl (C=O) groups is 1. The van der Waals surface area contributed by atoms with E-state index in [1.54, 1.807) is 12.4 Å². The summed E-state index contributed by atoms with van der Waals surface area (Å²) in [5.41, 5.74) is 3.01. The van der Waals surface area contributed by atoms with E-state index in [1.165, 1.54) is 0 Å². The molecule has 0 bridgehead atoms. The van der Waals surface area contributed by atoms with Crippen LogP contribution in [-0.2, 0) is 0 Å². The van der Waals surface area contributed by atoms with Crippen molar-refractivity contribution >= 4 is 5.78 Å². The zero-order chi connectivity index (χ0) is 14.5. The van der Waals surface area contributed by atoms with Crippen LogP contribution in [0.3, 0.4) is 0 Å². The van der Waals surface area contributed by atoms with Crippen LogP contribution in [0.2, 0.25) is 0 Å². The van der Waals surface area contributed by atoms with Gasteiger partial charge in [-0.1, -0.05) is 54.6 Å². The van der Waals surface area contributed by atoms with E-state index in [-0.39, 0.29) is 5.78 Å². The first-order valence-corrected chi connectivity index (χ1v) is 6.87. The van der Waals surface area contributed by atoms with Crippen LogP contribution in [0.5, 0.6) is 0 Å². The second kappa shape index (κ2) is 6.09. The minimum Gasteiger partial charge on any atom is -0.365 e. The summed E-state index contributed by atoms with van der Waals surface area (Å²) in [5.74, 6) is 0.103. The molecule has 2 aromatic rings. The van der Waals surface area contributed by atoms with Gasteiger partial charge in [0.1, 0.15) is 0 Å². The molecular weight excluding hydrogens is 260 g/mol. The molecule has 0 aromatic heterocycles. The normalized spacial score (nSPS) is 13.0. The van der Waals surface area contributed by atoms with Crippen LogP contribution >= 0.6 is 0 Å². The molecule has 1 aliphatic rings. The number of ketones is 1. The molecule has 3 rings (SSSR count). The number of hydrogen-bond acceptors (Lipinski definition) is 3. The quantitative estimate of drug-likeness (QED) is 0.869. The minimum absolute atomic E-state index is 0.103. The lowest BCUT2D eigenvalue weighted by atomic mass is 10.0. The molecule has 0 atom stereocenters. The average molecular weight is 276 g/mol. The third-order valence-electron chi connectivity index (χ3n) is 3.36. The Morgan fingerprint density at radius 1 is 0.857 bits per heavy atom. The van der Waals surface area contributed by atoms with E-state index in [9.17, 15) is 4.79 Å². The lowest BCUT2D eigenvalue weighted by Gasteiger charge is -2.17. The second-order valence-corrected chi connectivity index (χ2v) is 4.84. The van der Waals surface area contributed by atoms with Gasteiger partial charge >= 0.3 is 0 Å². The smallest absolute Gasteiger partial charge is 0.182 e. The van der Waals surface area contributed by atoms with Crippen molar-refractivity contribution in [2.45, 2.75) is 0 Å². The zero-order valence-electron chi connectivity index (χ0n) is 11.6. The molecule has 104 valence electrons. The Morgan fingerprint density at radius 2 is 1.48 bits per heavy atom. The molecule has 1 aliphatic heterocycles. The van der Waals surface area contributed by atoms with Crippen molar-refractivity contribution in [2.75, 3.05) is 6.54 Å². The van der Waals surface area contributed by atoms with Gasteiger partial charge in [0.2, 0.25) is 0 Å². The Labute approximate surface area is 124 Å². The third-order valence-corrected chi connectivity index (χ3v) is 3.36. The van der Waals surface area contributed by atoms with E-state index in [0.29, 0.717) is 6.54 Å². The first-order valence-electron chi connectivity index (χ1n) is 6.87. The van der Waals surface area contributed by atoms with Gasteiger partial charge in [-0.25, -0.2) is 0 Å². The maximum Gasteiger partial charge on any atom is 0.182 e. The van der Waals surface area contributed by atoms with Gasteiger partial charge in [0.15, 0.2) is 5.78 Å². The van der Waals surface area contributed by atoms with Gasteiger partial charge in [-0.2, -0.15) is 0 Å². The molecule has 0 fully saturated rings. The molecule has 1 N–H and O–H groups in total. The molecule has 3 nitrogen and oxygen atoms in total. The van der Waals surface area contributed by atoms with Gasteiger partial charge in [-0.05, 0) is 11.1 Å². The van der Waals surface area contributed by atoms with Crippen molar-refractivity contribution in [2.24, 2.45) is 0 Å². The van der Waals surface area contributed by atoms with Crippen LogP contribution < -0.4 is 5.32 Å². The van der Waals surface area contributed by atoms with Crippen molar-refractivity contribution in [3.8, 4) is 11.1 Å². The van der Waals surface area contributed by atoms with Crippen LogP contribution in [0.4, 0.5) is 0 Å². The maximum atomic E-state index is 12.2. The molecule has 0 unspecified atom stereocenters. The summed E-state index contributed by atoms with van der Waals surface area (Å²) in [6.45, 7) is 0.347. The van der Waals surface area contributed by atoms with Crippen molar-refractivity contribution in [3.63, 3.8) is 0 Å². The lowest BCUT2D eigenvalue weighted by Crippen LogP contribution is -2.23. The molecule has 0 saturated heterocycles. The molecule has 0 amide bonds. The van der Waals surface area contributed by atoms with Gasteiger partial charge < -0.3 is 10.2 Å². The van der Waals surface area contributed by atoms with Gasteiger partial charge in [0, 0.05) is 30.4 Å². The summed E-state index contributed by atoms with van der Waals surface area (Å²) in [6, 6.07) is 17.9. The number of rotatable bonds is 4. The number of hydrogen-bond donors (Lipinski definition) is 1. The molecule has 21 heavy (non-hydrogen) atoms. The van der Waals surface area contributed by atoms with Gasteiger partial charge in [-0.3, -0.25) is 4.79 Å². The highest BCUT2D eigenvalue weighted by Crippen LogP contribution is 2.19. The van der Waals surface area contributed by atoms with Crippen molar-refractivity contribution in [1.82, 2.24) is 10.2 Å². The fraction of sp³-hybridized carbons (Fsp3) is 0.0556. The predicted octanol–water partition coefficient (Wildman–Crippen LogP) is 3.38. The minimum atomic E-state index is 0.103. The molecule has 0 radical (unpaired) electrons. The molecule has 0 saturated carbocycles. The lowest BCUT2D eigenvalue weighted by molar-refractivity contribution is 0.0969. The maximum absolute atomic E-state index is 12.2. The Hall–Kier alpha value is -2.81. The van der Waals surface area contributed by atoms with E-state index >= 15 is 0 Å². The molecule has 1 heterocycles. The Morgan fingerprint density at radius 3 is 2.14 bits per heavy atom. The van der Waals surface area contributed by atoms with Crippen LogP contribution in [-0.4, -0.2) is 17.2 Å². The van der Waals surface area contributed by atoms with E-state index in [2.05, 4.69) is 17.4 Å². The molecule has 2 aromatic carbocycles. The Kier molecular flexibility index (Phi) is 3.83. The first-order chi connectivity index (χ1) is 10.3. The highest BCUT2D eigenvalue weighted by Gasteiger charge is 2.09. The van der Waals surface area contributed by atoms with Gasteiger partial charge in [0.05, 0.1) is 6.54 Å². The fourth-order valence-electron chi connectivity index (χ4n) is 2.22. The summed E-state index contributed by atoms with van der Waals surface area (Å²) in [5, 5.41) is 2.94. The number of benzene rings is 2. The summed E-state index contributed by atoms with van der Waals surface area (Å²) in [6.07, 6.45) is 7.28. The van der Waals surface area contributed by atoms with Gasteiger partial charge in [0.25, 0.3) is 0 Å². The standard InChI is InChI=1S/C18H16N2O/c21-18(14-20-12-10-19-11-13-20)17-8-6-16(7-9-17)15-4-2-1-3-5-15/h1-13,19H,14H2. The van der Waals surface area contributed by atoms with Crippen molar-refractivity contribution < 1.29 is 4.79 Å². The number of carbonyl (C=O) groups excluding carboxylic acids is 1. The highest BCUT2D eigenvalue weighted by molar-refractivity contribution is 5.98. The van der Waals surface area contributed by atoms with Crippen LogP contribution in [0.25, 0.3) is 11.1 Å². The van der Waals surface area contributed by atoms with Crippen LogP contribution in [0.1, 0.15) is 10.4 Å². The molecule has 0 aliphatic carbocycles. The fourth-order valence-corrected chi connectivity index (χ4v) is 2.22. The molecular formula is C18H16N2O. The molecule has 0 spiro atoms. The van der Waals surface area contributed by atoms with Gasteiger partial charge in [-0.15, -0.1) is 0 Å². The summed E-state index contributed by atoms with van der Waals surface area (Å²) in [4.78, 5) is 14.1. The summed E-state index contributed by atoms with van der Waals surface area (Å²) < 4.78 is 0. The van der Waals surface area contributed by atoms with E-state index < -0.39 is 0 Å². The van der Waals surface area contributed by atoms with Crippen LogP contribution in [0.15, 0.2) is 79.4 Å². The first kappa shape index (κ1) is 13.2. The second-order valence-electron chi connectivity index (χ2n) is 4.84. The zero-order valence-corrected chi connectivity index (χ0v) is 11.6. The Bertz CT molecular complexity index is 660. The van der Waals surface area contributed by atoms with Crippen molar-refractivity contribution in [1.29, 1.82) is 0 Å². The largest absolute Gasteiger partial charge is 0.365 e. The average Bonchev–Trinajstić information content (AvgIpc) is 2.57. The summed E-state index contributed by atoms with van der Waals surface area (Å²) in [7, 11) is 0. The van der Waals surface area contributed by atoms with E-state index in [4.69, 9.17) is 0 Å². The topological polar surface area (TPSA) is 32.3 Å². The van der Waals surface area contributed by atoms with Crippen LogP contribution in [0, 0.1) is 0 Å². The third kappa shape index (κ3) is 3.20. The number of nitrogens with zero attached hydrogens (tertiary/aromatic N) is 1. The number of nitrogens with one attached hydrogen (secondary N) is 1. The predicted molar refractivity (Wildman–Crippen MR) is 84.3 cm³/mol. The van der Waals surface area contributed by atoms with Crippen molar-refractivity contribution in [3.05, 3.63) is 85.0 Å². The van der Waals surface area contributed by atoms with E-state index in [0.717, 1.165) is 16.7 Å².